The van der Waals surface area contributed by atoms with Crippen molar-refractivity contribution in [1.29, 1.82) is 0 Å². The van der Waals surface area contributed by atoms with Crippen molar-refractivity contribution in [3.05, 3.63) is 40.4 Å². The first-order valence-electron chi connectivity index (χ1n) is 7.90. The Hall–Kier alpha value is -2.76. The fourth-order valence-electron chi connectivity index (χ4n) is 2.53. The molecular weight excluding hydrogens is 308 g/mol. The molecule has 24 heavy (non-hydrogen) atoms. The smallest absolute Gasteiger partial charge is 0.308 e. The van der Waals surface area contributed by atoms with Crippen LogP contribution in [-0.2, 0) is 11.3 Å². The summed E-state index contributed by atoms with van der Waals surface area (Å²) in [6, 6.07) is 5.20. The molecule has 1 aromatic carbocycles. The average molecular weight is 330 g/mol. The topological polar surface area (TPSA) is 83.5 Å². The van der Waals surface area contributed by atoms with Crippen LogP contribution in [0.15, 0.2) is 34.8 Å². The summed E-state index contributed by atoms with van der Waals surface area (Å²) >= 11 is 0. The lowest BCUT2D eigenvalue weighted by Gasteiger charge is -2.18. The van der Waals surface area contributed by atoms with Crippen LogP contribution in [0.5, 0.6) is 11.5 Å². The Morgan fingerprint density at radius 3 is 2.50 bits per heavy atom. The fraction of sp³-hybridized carbons (Fsp3) is 0.333. The van der Waals surface area contributed by atoms with Crippen molar-refractivity contribution in [2.75, 3.05) is 5.73 Å². The van der Waals surface area contributed by atoms with Crippen molar-refractivity contribution in [2.24, 2.45) is 0 Å². The molecule has 0 fully saturated rings. The van der Waals surface area contributed by atoms with Gasteiger partial charge in [-0.05, 0) is 38.1 Å². The van der Waals surface area contributed by atoms with E-state index >= 15 is 0 Å². The summed E-state index contributed by atoms with van der Waals surface area (Å²) in [5, 5.41) is 0.662. The molecule has 128 valence electrons. The molecule has 6 nitrogen and oxygen atoms in total. The number of carbonyl (C=O) groups excluding carboxylic acids is 1. The summed E-state index contributed by atoms with van der Waals surface area (Å²) in [7, 11) is 0. The van der Waals surface area contributed by atoms with Gasteiger partial charge in [-0.15, -0.1) is 0 Å². The predicted octanol–water partition coefficient (Wildman–Crippen LogP) is 3.22. The molecule has 0 radical (unpaired) electrons. The van der Waals surface area contributed by atoms with Gasteiger partial charge in [-0.2, -0.15) is 0 Å². The number of aryl methyl sites for hydroxylation is 1. The molecule has 0 saturated heterocycles. The molecule has 6 heteroatoms. The quantitative estimate of drug-likeness (QED) is 0.517. The van der Waals surface area contributed by atoms with Crippen molar-refractivity contribution in [3.8, 4) is 11.5 Å². The van der Waals surface area contributed by atoms with Crippen LogP contribution in [0.1, 0.15) is 34.1 Å². The molecule has 0 amide bonds. The number of nitrogen functional groups attached to an aromatic ring is 1. The maximum Gasteiger partial charge on any atom is 0.308 e. The molecule has 0 bridgehead atoms. The Morgan fingerprint density at radius 1 is 1.25 bits per heavy atom. The van der Waals surface area contributed by atoms with Gasteiger partial charge in [-0.25, -0.2) is 0 Å². The van der Waals surface area contributed by atoms with Crippen LogP contribution >= 0.6 is 0 Å². The molecule has 0 spiro atoms. The van der Waals surface area contributed by atoms with Crippen molar-refractivity contribution in [3.63, 3.8) is 0 Å². The number of fused-ring (bicyclic) bond motifs is 1. The first-order valence-corrected chi connectivity index (χ1v) is 7.90. The minimum Gasteiger partial charge on any atom is -0.457 e. The van der Waals surface area contributed by atoms with E-state index in [0.717, 1.165) is 0 Å². The third-order valence-electron chi connectivity index (χ3n) is 3.67. The second-order valence-electron chi connectivity index (χ2n) is 5.29. The van der Waals surface area contributed by atoms with Gasteiger partial charge >= 0.3 is 5.97 Å². The average Bonchev–Trinajstić information content (AvgIpc) is 2.55. The zero-order valence-electron chi connectivity index (χ0n) is 14.4. The highest BCUT2D eigenvalue weighted by atomic mass is 16.6. The van der Waals surface area contributed by atoms with Gasteiger partial charge in [0.15, 0.2) is 5.75 Å². The fourth-order valence-corrected chi connectivity index (χ4v) is 2.53. The van der Waals surface area contributed by atoms with Crippen LogP contribution in [0.4, 0.5) is 5.69 Å². The lowest BCUT2D eigenvalue weighted by molar-refractivity contribution is -0.132. The van der Waals surface area contributed by atoms with E-state index in [2.05, 4.69) is 0 Å². The molecule has 2 rings (SSSR count). The molecule has 1 heterocycles. The first-order chi connectivity index (χ1) is 11.4. The van der Waals surface area contributed by atoms with Crippen molar-refractivity contribution in [2.45, 2.75) is 40.7 Å². The number of allylic oxidation sites excluding steroid dienone is 2. The number of aromatic nitrogens is 1. The molecular formula is C18H22N2O4. The zero-order valence-corrected chi connectivity index (χ0v) is 14.4. The summed E-state index contributed by atoms with van der Waals surface area (Å²) in [5.74, 6) is 0.238. The maximum atomic E-state index is 12.8. The maximum absolute atomic E-state index is 12.8. The Balaban J connectivity index is 2.88. The van der Waals surface area contributed by atoms with Crippen molar-refractivity contribution < 1.29 is 14.3 Å². The summed E-state index contributed by atoms with van der Waals surface area (Å²) in [6.45, 7) is 7.29. The predicted molar refractivity (Wildman–Crippen MR) is 94.3 cm³/mol. The summed E-state index contributed by atoms with van der Waals surface area (Å²) in [5.41, 5.74) is 6.62. The van der Waals surface area contributed by atoms with Gasteiger partial charge in [-0.1, -0.05) is 6.92 Å². The number of anilines is 1. The third-order valence-corrected chi connectivity index (χ3v) is 3.67. The Kier molecular flexibility index (Phi) is 5.28. The lowest BCUT2D eigenvalue weighted by atomic mass is 10.1. The van der Waals surface area contributed by atoms with E-state index in [0.29, 0.717) is 35.3 Å². The molecule has 1 aromatic heterocycles. The van der Waals surface area contributed by atoms with Crippen molar-refractivity contribution in [1.82, 2.24) is 4.57 Å². The number of carbonyl (C=O) groups is 1. The van der Waals surface area contributed by atoms with Crippen LogP contribution in [-0.4, -0.2) is 10.5 Å². The normalized spacial score (nSPS) is 11.6. The number of pyridine rings is 1. The van der Waals surface area contributed by atoms with Gasteiger partial charge < -0.3 is 19.8 Å². The molecule has 0 atom stereocenters. The number of hydrogen-bond donors (Lipinski definition) is 1. The van der Waals surface area contributed by atoms with Crippen LogP contribution in [0, 0.1) is 0 Å². The minimum atomic E-state index is -0.576. The van der Waals surface area contributed by atoms with Gasteiger partial charge in [0.2, 0.25) is 5.75 Å². The third kappa shape index (κ3) is 3.27. The summed E-state index contributed by atoms with van der Waals surface area (Å²) in [6.07, 6.45) is 2.45. The lowest BCUT2D eigenvalue weighted by Crippen LogP contribution is -2.24. The Morgan fingerprint density at radius 2 is 1.96 bits per heavy atom. The number of rotatable bonds is 5. The number of nitrogens with two attached hydrogens (primary N) is 1. The monoisotopic (exact) mass is 330 g/mol. The van der Waals surface area contributed by atoms with Gasteiger partial charge in [0, 0.05) is 31.0 Å². The highest BCUT2D eigenvalue weighted by Gasteiger charge is 2.21. The van der Waals surface area contributed by atoms with E-state index < -0.39 is 11.5 Å². The zero-order chi connectivity index (χ0) is 17.9. The van der Waals surface area contributed by atoms with Gasteiger partial charge in [0.05, 0.1) is 11.3 Å². The highest BCUT2D eigenvalue weighted by molar-refractivity contribution is 5.91. The standard InChI is InChI=1S/C18H22N2O4/c1-5-13(6-2)24-16-14-9-8-12(19)10-15(14)20(7-3)18(22)17(16)23-11(4)21/h5,8-10H,6-7,19H2,1-4H3. The Labute approximate surface area is 140 Å². The molecule has 0 aliphatic carbocycles. The van der Waals surface area contributed by atoms with E-state index in [9.17, 15) is 9.59 Å². The molecule has 2 aromatic rings. The second kappa shape index (κ2) is 7.21. The number of benzene rings is 1. The van der Waals surface area contributed by atoms with E-state index in [4.69, 9.17) is 15.2 Å². The summed E-state index contributed by atoms with van der Waals surface area (Å²) in [4.78, 5) is 24.3. The number of nitrogens with zero attached hydrogens (tertiary/aromatic N) is 1. The molecule has 2 N–H and O–H groups in total. The number of hydrogen-bond acceptors (Lipinski definition) is 5. The molecule has 0 aliphatic heterocycles. The van der Waals surface area contributed by atoms with E-state index in [1.54, 1.807) is 18.2 Å². The minimum absolute atomic E-state index is 0.102. The first kappa shape index (κ1) is 17.6. The number of esters is 1. The molecule has 0 saturated carbocycles. The van der Waals surface area contributed by atoms with Gasteiger partial charge in [-0.3, -0.25) is 9.59 Å². The van der Waals surface area contributed by atoms with E-state index in [1.807, 2.05) is 26.8 Å². The Bertz CT molecular complexity index is 865. The van der Waals surface area contributed by atoms with Crippen LogP contribution in [0.25, 0.3) is 10.9 Å². The SMILES string of the molecule is CC=C(CC)Oc1c(OC(C)=O)c(=O)n(CC)c2cc(N)ccc12. The number of ether oxygens (including phenoxy) is 2. The van der Waals surface area contributed by atoms with E-state index in [-0.39, 0.29) is 11.5 Å². The van der Waals surface area contributed by atoms with Crippen LogP contribution in [0.2, 0.25) is 0 Å². The van der Waals surface area contributed by atoms with Crippen molar-refractivity contribution >= 4 is 22.6 Å². The molecule has 0 aliphatic rings. The molecule has 0 unspecified atom stereocenters. The largest absolute Gasteiger partial charge is 0.457 e. The highest BCUT2D eigenvalue weighted by Crippen LogP contribution is 2.35. The van der Waals surface area contributed by atoms with Gasteiger partial charge in [0.1, 0.15) is 0 Å². The van der Waals surface area contributed by atoms with Crippen LogP contribution < -0.4 is 20.8 Å². The summed E-state index contributed by atoms with van der Waals surface area (Å²) < 4.78 is 12.6. The second-order valence-corrected chi connectivity index (χ2v) is 5.29. The van der Waals surface area contributed by atoms with E-state index in [1.165, 1.54) is 11.5 Å². The van der Waals surface area contributed by atoms with Gasteiger partial charge in [0.25, 0.3) is 5.56 Å². The van der Waals surface area contributed by atoms with Crippen LogP contribution in [0.3, 0.4) is 0 Å².